The normalized spacial score (nSPS) is 15.4. The zero-order valence-electron chi connectivity index (χ0n) is 16.2. The molecule has 0 spiro atoms. The molecular formula is C24H18N4O2. The van der Waals surface area contributed by atoms with E-state index in [1.165, 1.54) is 0 Å². The lowest BCUT2D eigenvalue weighted by atomic mass is 9.81. The van der Waals surface area contributed by atoms with Crippen LogP contribution in [0.3, 0.4) is 0 Å². The Labute approximate surface area is 173 Å². The molecule has 0 unspecified atom stereocenters. The molecule has 0 amide bonds. The number of hydrogen-bond acceptors (Lipinski definition) is 5. The molecular weight excluding hydrogens is 376 g/mol. The Morgan fingerprint density at radius 1 is 1.10 bits per heavy atom. The third-order valence-corrected chi connectivity index (χ3v) is 5.43. The van der Waals surface area contributed by atoms with Crippen LogP contribution in [0.15, 0.2) is 78.2 Å². The molecule has 30 heavy (non-hydrogen) atoms. The van der Waals surface area contributed by atoms with Crippen molar-refractivity contribution in [2.24, 2.45) is 5.73 Å². The van der Waals surface area contributed by atoms with Crippen molar-refractivity contribution in [3.63, 3.8) is 0 Å². The summed E-state index contributed by atoms with van der Waals surface area (Å²) in [6.45, 7) is 0. The van der Waals surface area contributed by atoms with E-state index in [1.54, 1.807) is 7.11 Å². The maximum absolute atomic E-state index is 9.95. The fourth-order valence-corrected chi connectivity index (χ4v) is 4.06. The summed E-state index contributed by atoms with van der Waals surface area (Å²) < 4.78 is 11.1. The standard InChI is InChI=1S/C24H18N4O2/c1-29-16-9-4-8-15(12-16)22-21-20(19(13-25)23(26)30-24(21)28-27-22)18-11-5-7-14-6-2-3-10-17(14)18/h2-12,20H,26H2,1H3,(H,27,28)/t20-/m0/s1. The lowest BCUT2D eigenvalue weighted by molar-refractivity contribution is 0.379. The summed E-state index contributed by atoms with van der Waals surface area (Å²) >= 11 is 0. The van der Waals surface area contributed by atoms with Crippen molar-refractivity contribution in [3.05, 3.63) is 89.3 Å². The highest BCUT2D eigenvalue weighted by molar-refractivity contribution is 5.88. The monoisotopic (exact) mass is 394 g/mol. The highest BCUT2D eigenvalue weighted by Crippen LogP contribution is 2.47. The summed E-state index contributed by atoms with van der Waals surface area (Å²) in [5.41, 5.74) is 9.90. The molecule has 2 heterocycles. The molecule has 1 atom stereocenters. The number of aromatic amines is 1. The van der Waals surface area contributed by atoms with Gasteiger partial charge in [0.15, 0.2) is 0 Å². The first-order chi connectivity index (χ1) is 14.7. The van der Waals surface area contributed by atoms with E-state index in [0.717, 1.165) is 38.9 Å². The quantitative estimate of drug-likeness (QED) is 0.535. The third-order valence-electron chi connectivity index (χ3n) is 5.43. The minimum Gasteiger partial charge on any atom is -0.497 e. The number of benzene rings is 3. The molecule has 0 fully saturated rings. The van der Waals surface area contributed by atoms with Crippen LogP contribution in [0.25, 0.3) is 22.0 Å². The molecule has 3 N–H and O–H groups in total. The molecule has 0 saturated heterocycles. The van der Waals surface area contributed by atoms with Crippen LogP contribution >= 0.6 is 0 Å². The Kier molecular flexibility index (Phi) is 4.15. The first kappa shape index (κ1) is 17.8. The van der Waals surface area contributed by atoms with Gasteiger partial charge in [-0.1, -0.05) is 54.6 Å². The molecule has 6 heteroatoms. The number of ether oxygens (including phenoxy) is 2. The van der Waals surface area contributed by atoms with E-state index in [2.05, 4.69) is 34.5 Å². The van der Waals surface area contributed by atoms with Gasteiger partial charge in [0.05, 0.1) is 24.3 Å². The second kappa shape index (κ2) is 6.98. The molecule has 3 aromatic carbocycles. The van der Waals surface area contributed by atoms with Crippen LogP contribution in [0.1, 0.15) is 17.0 Å². The number of aromatic nitrogens is 2. The molecule has 4 aromatic rings. The van der Waals surface area contributed by atoms with Gasteiger partial charge in [0.1, 0.15) is 17.4 Å². The number of allylic oxidation sites excluding steroid dienone is 1. The molecule has 1 aliphatic rings. The summed E-state index contributed by atoms with van der Waals surface area (Å²) in [5.74, 6) is 0.767. The van der Waals surface area contributed by atoms with Gasteiger partial charge in [-0.25, -0.2) is 0 Å². The number of H-pyrrole nitrogens is 1. The maximum atomic E-state index is 9.95. The Morgan fingerprint density at radius 2 is 1.90 bits per heavy atom. The molecule has 1 aliphatic heterocycles. The van der Waals surface area contributed by atoms with Crippen LogP contribution < -0.4 is 15.2 Å². The van der Waals surface area contributed by atoms with Gasteiger partial charge in [0.2, 0.25) is 11.8 Å². The van der Waals surface area contributed by atoms with Crippen LogP contribution in [-0.2, 0) is 0 Å². The van der Waals surface area contributed by atoms with Crippen molar-refractivity contribution in [2.45, 2.75) is 5.92 Å². The second-order valence-electron chi connectivity index (χ2n) is 7.04. The lowest BCUT2D eigenvalue weighted by Crippen LogP contribution is -2.21. The van der Waals surface area contributed by atoms with Gasteiger partial charge in [0, 0.05) is 5.56 Å². The smallest absolute Gasteiger partial charge is 0.244 e. The first-order valence-electron chi connectivity index (χ1n) is 9.49. The topological polar surface area (TPSA) is 97.0 Å². The maximum Gasteiger partial charge on any atom is 0.244 e. The van der Waals surface area contributed by atoms with Crippen molar-refractivity contribution in [3.8, 4) is 29.0 Å². The predicted molar refractivity (Wildman–Crippen MR) is 114 cm³/mol. The number of nitrogens with two attached hydrogens (primary N) is 1. The average Bonchev–Trinajstić information content (AvgIpc) is 3.21. The summed E-state index contributed by atoms with van der Waals surface area (Å²) in [4.78, 5) is 0. The number of fused-ring (bicyclic) bond motifs is 2. The Hall–Kier alpha value is -4.24. The molecule has 1 aromatic heterocycles. The van der Waals surface area contributed by atoms with Gasteiger partial charge in [-0.3, -0.25) is 5.10 Å². The third kappa shape index (κ3) is 2.68. The van der Waals surface area contributed by atoms with Crippen molar-refractivity contribution >= 4 is 10.8 Å². The number of hydrogen-bond donors (Lipinski definition) is 2. The molecule has 0 aliphatic carbocycles. The van der Waals surface area contributed by atoms with Gasteiger partial charge in [0.25, 0.3) is 0 Å². The lowest BCUT2D eigenvalue weighted by Gasteiger charge is -2.25. The minimum atomic E-state index is -0.412. The molecule has 5 rings (SSSR count). The summed E-state index contributed by atoms with van der Waals surface area (Å²) in [7, 11) is 1.63. The number of nitriles is 1. The van der Waals surface area contributed by atoms with E-state index >= 15 is 0 Å². The zero-order valence-corrected chi connectivity index (χ0v) is 16.2. The van der Waals surface area contributed by atoms with Crippen molar-refractivity contribution in [2.75, 3.05) is 7.11 Å². The summed E-state index contributed by atoms with van der Waals surface area (Å²) in [6, 6.07) is 24.1. The van der Waals surface area contributed by atoms with Gasteiger partial charge < -0.3 is 15.2 Å². The van der Waals surface area contributed by atoms with E-state index in [1.807, 2.05) is 48.5 Å². The number of rotatable bonds is 3. The molecule has 146 valence electrons. The number of nitrogens with zero attached hydrogens (tertiary/aromatic N) is 2. The van der Waals surface area contributed by atoms with Crippen LogP contribution in [0, 0.1) is 11.3 Å². The van der Waals surface area contributed by atoms with Crippen LogP contribution in [-0.4, -0.2) is 17.3 Å². The summed E-state index contributed by atoms with van der Waals surface area (Å²) in [6.07, 6.45) is 0. The number of nitrogens with one attached hydrogen (secondary N) is 1. The molecule has 6 nitrogen and oxygen atoms in total. The Balaban J connectivity index is 1.79. The van der Waals surface area contributed by atoms with Crippen molar-refractivity contribution in [1.82, 2.24) is 10.2 Å². The highest BCUT2D eigenvalue weighted by Gasteiger charge is 2.36. The van der Waals surface area contributed by atoms with E-state index in [9.17, 15) is 5.26 Å². The SMILES string of the molecule is COc1cccc(-c2[nH]nc3c2[C@@H](c2cccc4ccccc24)C(C#N)=C(N)O3)c1. The fraction of sp³-hybridized carbons (Fsp3) is 0.0833. The van der Waals surface area contributed by atoms with E-state index in [-0.39, 0.29) is 5.88 Å². The fourth-order valence-electron chi connectivity index (χ4n) is 4.06. The van der Waals surface area contributed by atoms with Crippen LogP contribution in [0.4, 0.5) is 0 Å². The highest BCUT2D eigenvalue weighted by atomic mass is 16.5. The Morgan fingerprint density at radius 3 is 2.73 bits per heavy atom. The molecule has 0 bridgehead atoms. The predicted octanol–water partition coefficient (Wildman–Crippen LogP) is 4.46. The van der Waals surface area contributed by atoms with Gasteiger partial charge in [-0.15, -0.1) is 5.10 Å². The van der Waals surface area contributed by atoms with E-state index in [0.29, 0.717) is 11.5 Å². The number of methoxy groups -OCH3 is 1. The van der Waals surface area contributed by atoms with Crippen LogP contribution in [0.2, 0.25) is 0 Å². The summed E-state index contributed by atoms with van der Waals surface area (Å²) in [5, 5.41) is 19.5. The van der Waals surface area contributed by atoms with Gasteiger partial charge in [-0.05, 0) is 28.5 Å². The van der Waals surface area contributed by atoms with Crippen molar-refractivity contribution < 1.29 is 9.47 Å². The second-order valence-corrected chi connectivity index (χ2v) is 7.04. The molecule has 0 saturated carbocycles. The molecule has 0 radical (unpaired) electrons. The van der Waals surface area contributed by atoms with E-state index < -0.39 is 5.92 Å². The van der Waals surface area contributed by atoms with Gasteiger partial charge in [-0.2, -0.15) is 5.26 Å². The van der Waals surface area contributed by atoms with Gasteiger partial charge >= 0.3 is 0 Å². The van der Waals surface area contributed by atoms with Crippen molar-refractivity contribution in [1.29, 1.82) is 5.26 Å². The largest absolute Gasteiger partial charge is 0.497 e. The Bertz CT molecular complexity index is 1340. The van der Waals surface area contributed by atoms with E-state index in [4.69, 9.17) is 15.2 Å². The van der Waals surface area contributed by atoms with Crippen LogP contribution in [0.5, 0.6) is 11.6 Å². The minimum absolute atomic E-state index is 0.0756. The first-order valence-corrected chi connectivity index (χ1v) is 9.49. The average molecular weight is 394 g/mol. The zero-order chi connectivity index (χ0) is 20.7.